The summed E-state index contributed by atoms with van der Waals surface area (Å²) in [4.78, 5) is 4.57. The highest BCUT2D eigenvalue weighted by atomic mass is 35.5. The summed E-state index contributed by atoms with van der Waals surface area (Å²) in [5.41, 5.74) is 3.27. The van der Waals surface area contributed by atoms with E-state index in [-0.39, 0.29) is 5.38 Å². The molecule has 0 N–H and O–H groups in total. The molecule has 0 radical (unpaired) electrons. The molecule has 3 rings (SSSR count). The van der Waals surface area contributed by atoms with Crippen LogP contribution in [0.1, 0.15) is 23.7 Å². The quantitative estimate of drug-likeness (QED) is 0.634. The number of aromatic nitrogens is 2. The molecule has 0 aliphatic heterocycles. The van der Waals surface area contributed by atoms with E-state index in [0.29, 0.717) is 10.6 Å². The van der Waals surface area contributed by atoms with E-state index in [1.807, 2.05) is 41.8 Å². The minimum absolute atomic E-state index is 0.244. The molecule has 5 heteroatoms. The highest BCUT2D eigenvalue weighted by Gasteiger charge is 2.16. The van der Waals surface area contributed by atoms with Crippen molar-refractivity contribution in [1.29, 1.82) is 5.26 Å². The summed E-state index contributed by atoms with van der Waals surface area (Å²) in [7, 11) is 0. The van der Waals surface area contributed by atoms with Crippen molar-refractivity contribution < 1.29 is 0 Å². The van der Waals surface area contributed by atoms with Gasteiger partial charge in [-0.3, -0.25) is 4.57 Å². The van der Waals surface area contributed by atoms with Crippen molar-refractivity contribution in [2.24, 2.45) is 0 Å². The predicted octanol–water partition coefficient (Wildman–Crippen LogP) is 4.85. The lowest BCUT2D eigenvalue weighted by Gasteiger charge is -2.10. The molecule has 104 valence electrons. The van der Waals surface area contributed by atoms with Crippen LogP contribution in [-0.2, 0) is 0 Å². The van der Waals surface area contributed by atoms with Crippen LogP contribution in [0.25, 0.3) is 16.7 Å². The number of imidazole rings is 1. The lowest BCUT2D eigenvalue weighted by molar-refractivity contribution is 0.882. The molecule has 1 heterocycles. The van der Waals surface area contributed by atoms with Crippen LogP contribution in [0.2, 0.25) is 5.02 Å². The maximum Gasteiger partial charge on any atom is 0.132 e. The number of nitrogens with zero attached hydrogens (tertiary/aromatic N) is 3. The second-order valence-corrected chi connectivity index (χ2v) is 5.80. The highest BCUT2D eigenvalue weighted by Crippen LogP contribution is 2.29. The van der Waals surface area contributed by atoms with Gasteiger partial charge in [0.2, 0.25) is 0 Å². The van der Waals surface area contributed by atoms with Gasteiger partial charge in [-0.15, -0.1) is 11.6 Å². The Morgan fingerprint density at radius 2 is 1.90 bits per heavy atom. The molecule has 0 spiro atoms. The first-order chi connectivity index (χ1) is 10.1. The van der Waals surface area contributed by atoms with Gasteiger partial charge in [0.15, 0.2) is 0 Å². The SMILES string of the molecule is CC(Cl)c1nc2cc(Cl)ccc2n1-c1ccc(C#N)cc1. The monoisotopic (exact) mass is 315 g/mol. The van der Waals surface area contributed by atoms with Crippen LogP contribution in [0, 0.1) is 11.3 Å². The summed E-state index contributed by atoms with van der Waals surface area (Å²) in [6, 6.07) is 15.0. The Morgan fingerprint density at radius 1 is 1.19 bits per heavy atom. The van der Waals surface area contributed by atoms with Crippen molar-refractivity contribution in [3.05, 3.63) is 58.9 Å². The minimum atomic E-state index is -0.244. The Morgan fingerprint density at radius 3 is 2.52 bits per heavy atom. The molecule has 0 saturated heterocycles. The summed E-state index contributed by atoms with van der Waals surface area (Å²) in [6.45, 7) is 1.88. The lowest BCUT2D eigenvalue weighted by atomic mass is 10.2. The Kier molecular flexibility index (Phi) is 3.59. The van der Waals surface area contributed by atoms with Gasteiger partial charge in [-0.1, -0.05) is 11.6 Å². The zero-order chi connectivity index (χ0) is 15.0. The van der Waals surface area contributed by atoms with Crippen LogP contribution < -0.4 is 0 Å². The first-order valence-corrected chi connectivity index (χ1v) is 7.24. The average Bonchev–Trinajstić information content (AvgIpc) is 2.86. The first-order valence-electron chi connectivity index (χ1n) is 6.42. The molecule has 0 aliphatic rings. The van der Waals surface area contributed by atoms with E-state index in [0.717, 1.165) is 22.5 Å². The number of halogens is 2. The Bertz CT molecular complexity index is 842. The first kappa shape index (κ1) is 13.9. The molecular weight excluding hydrogens is 305 g/mol. The summed E-state index contributed by atoms with van der Waals surface area (Å²) < 4.78 is 1.99. The van der Waals surface area contributed by atoms with Gasteiger partial charge in [-0.2, -0.15) is 5.26 Å². The zero-order valence-corrected chi connectivity index (χ0v) is 12.7. The minimum Gasteiger partial charge on any atom is -0.295 e. The summed E-state index contributed by atoms with van der Waals surface area (Å²) in [5, 5.41) is 9.30. The molecule has 0 bridgehead atoms. The summed E-state index contributed by atoms with van der Waals surface area (Å²) in [6.07, 6.45) is 0. The Labute approximate surface area is 132 Å². The van der Waals surface area contributed by atoms with E-state index in [9.17, 15) is 0 Å². The third-order valence-electron chi connectivity index (χ3n) is 3.25. The van der Waals surface area contributed by atoms with Gasteiger partial charge in [0.1, 0.15) is 5.82 Å². The van der Waals surface area contributed by atoms with Crippen LogP contribution in [0.3, 0.4) is 0 Å². The number of benzene rings is 2. The maximum absolute atomic E-state index is 8.90. The normalized spacial score (nSPS) is 12.3. The van der Waals surface area contributed by atoms with E-state index in [4.69, 9.17) is 28.5 Å². The molecular formula is C16H11Cl2N3. The number of hydrogen-bond donors (Lipinski definition) is 0. The lowest BCUT2D eigenvalue weighted by Crippen LogP contribution is -2.01. The second-order valence-electron chi connectivity index (χ2n) is 4.71. The number of hydrogen-bond acceptors (Lipinski definition) is 2. The standard InChI is InChI=1S/C16H11Cl2N3/c1-10(17)16-20-14-8-12(18)4-7-15(14)21(16)13-5-2-11(9-19)3-6-13/h2-8,10H,1H3. The van der Waals surface area contributed by atoms with Gasteiger partial charge in [0, 0.05) is 10.7 Å². The maximum atomic E-state index is 8.90. The molecule has 3 aromatic rings. The second kappa shape index (κ2) is 5.40. The van der Waals surface area contributed by atoms with Crippen molar-refractivity contribution in [3.63, 3.8) is 0 Å². The number of rotatable bonds is 2. The van der Waals surface area contributed by atoms with Crippen LogP contribution in [-0.4, -0.2) is 9.55 Å². The van der Waals surface area contributed by atoms with E-state index >= 15 is 0 Å². The Balaban J connectivity index is 2.28. The largest absolute Gasteiger partial charge is 0.295 e. The number of nitriles is 1. The smallest absolute Gasteiger partial charge is 0.132 e. The van der Waals surface area contributed by atoms with Gasteiger partial charge >= 0.3 is 0 Å². The third-order valence-corrected chi connectivity index (χ3v) is 3.68. The number of fused-ring (bicyclic) bond motifs is 1. The van der Waals surface area contributed by atoms with Gasteiger partial charge < -0.3 is 0 Å². The van der Waals surface area contributed by atoms with E-state index < -0.39 is 0 Å². The molecule has 0 saturated carbocycles. The zero-order valence-electron chi connectivity index (χ0n) is 11.2. The molecule has 3 nitrogen and oxygen atoms in total. The van der Waals surface area contributed by atoms with Gasteiger partial charge in [0.25, 0.3) is 0 Å². The van der Waals surface area contributed by atoms with Crippen LogP contribution in [0.4, 0.5) is 0 Å². The fourth-order valence-electron chi connectivity index (χ4n) is 2.30. The molecule has 0 aliphatic carbocycles. The van der Waals surface area contributed by atoms with Crippen LogP contribution >= 0.6 is 23.2 Å². The number of alkyl halides is 1. The highest BCUT2D eigenvalue weighted by molar-refractivity contribution is 6.31. The molecule has 1 unspecified atom stereocenters. The van der Waals surface area contributed by atoms with E-state index in [1.165, 1.54) is 0 Å². The summed E-state index contributed by atoms with van der Waals surface area (Å²) in [5.74, 6) is 0.749. The topological polar surface area (TPSA) is 41.6 Å². The average molecular weight is 316 g/mol. The summed E-state index contributed by atoms with van der Waals surface area (Å²) >= 11 is 12.3. The third kappa shape index (κ3) is 2.49. The van der Waals surface area contributed by atoms with Crippen molar-refractivity contribution in [2.75, 3.05) is 0 Å². The van der Waals surface area contributed by atoms with Crippen LogP contribution in [0.15, 0.2) is 42.5 Å². The molecule has 0 fully saturated rings. The predicted molar refractivity (Wildman–Crippen MR) is 85.1 cm³/mol. The molecule has 0 amide bonds. The molecule has 1 aromatic heterocycles. The van der Waals surface area contributed by atoms with Crippen molar-refractivity contribution >= 4 is 34.2 Å². The molecule has 2 aromatic carbocycles. The fourth-order valence-corrected chi connectivity index (χ4v) is 2.61. The van der Waals surface area contributed by atoms with Gasteiger partial charge in [0.05, 0.1) is 28.0 Å². The van der Waals surface area contributed by atoms with Gasteiger partial charge in [-0.05, 0) is 49.4 Å². The Hall–Kier alpha value is -2.02. The molecule has 21 heavy (non-hydrogen) atoms. The van der Waals surface area contributed by atoms with Crippen LogP contribution in [0.5, 0.6) is 0 Å². The van der Waals surface area contributed by atoms with Crippen molar-refractivity contribution in [1.82, 2.24) is 9.55 Å². The molecule has 1 atom stereocenters. The fraction of sp³-hybridized carbons (Fsp3) is 0.125. The van der Waals surface area contributed by atoms with Crippen molar-refractivity contribution in [3.8, 4) is 11.8 Å². The van der Waals surface area contributed by atoms with Crippen molar-refractivity contribution in [2.45, 2.75) is 12.3 Å². The van der Waals surface area contributed by atoms with Gasteiger partial charge in [-0.25, -0.2) is 4.98 Å². The van der Waals surface area contributed by atoms with E-state index in [2.05, 4.69) is 11.1 Å². The van der Waals surface area contributed by atoms with E-state index in [1.54, 1.807) is 12.1 Å².